The molecule has 0 spiro atoms. The molecule has 140 valence electrons. The molecule has 0 aliphatic carbocycles. The third-order valence-corrected chi connectivity index (χ3v) is 5.71. The molecule has 0 atom stereocenters. The number of fused-ring (bicyclic) bond motifs is 1. The minimum Gasteiger partial charge on any atom is -0.358 e. The van der Waals surface area contributed by atoms with Gasteiger partial charge in [0.05, 0.1) is 0 Å². The Hall–Kier alpha value is -2.75. The summed E-state index contributed by atoms with van der Waals surface area (Å²) in [5.41, 5.74) is 7.22. The van der Waals surface area contributed by atoms with Crippen LogP contribution in [0.3, 0.4) is 0 Å². The number of carbonyl (C=O) groups excluding carboxylic acids is 1. The molecule has 27 heavy (non-hydrogen) atoms. The van der Waals surface area contributed by atoms with Crippen LogP contribution < -0.4 is 5.32 Å². The zero-order valence-electron chi connectivity index (χ0n) is 16.3. The number of H-pyrrole nitrogens is 1. The van der Waals surface area contributed by atoms with E-state index in [9.17, 15) is 4.79 Å². The van der Waals surface area contributed by atoms with Crippen LogP contribution in [0.4, 0.5) is 10.5 Å². The molecule has 3 aromatic rings. The Balaban J connectivity index is 1.43. The largest absolute Gasteiger partial charge is 0.358 e. The number of aromatic amines is 1. The molecule has 0 bridgehead atoms. The summed E-state index contributed by atoms with van der Waals surface area (Å²) in [6, 6.07) is 14.5. The van der Waals surface area contributed by atoms with E-state index in [0.29, 0.717) is 5.92 Å². The van der Waals surface area contributed by atoms with E-state index in [1.54, 1.807) is 0 Å². The number of anilines is 1. The van der Waals surface area contributed by atoms with Crippen molar-refractivity contribution in [3.63, 3.8) is 0 Å². The van der Waals surface area contributed by atoms with E-state index in [4.69, 9.17) is 0 Å². The Kier molecular flexibility index (Phi) is 4.65. The predicted molar refractivity (Wildman–Crippen MR) is 112 cm³/mol. The van der Waals surface area contributed by atoms with Crippen molar-refractivity contribution in [3.8, 4) is 0 Å². The molecule has 4 nitrogen and oxygen atoms in total. The maximum atomic E-state index is 12.6. The summed E-state index contributed by atoms with van der Waals surface area (Å²) in [6.45, 7) is 7.96. The highest BCUT2D eigenvalue weighted by Gasteiger charge is 2.26. The topological polar surface area (TPSA) is 48.1 Å². The Morgan fingerprint density at radius 3 is 2.52 bits per heavy atom. The molecule has 0 saturated carbocycles. The second kappa shape index (κ2) is 7.10. The van der Waals surface area contributed by atoms with E-state index in [1.165, 1.54) is 27.7 Å². The third kappa shape index (κ3) is 3.57. The second-order valence-electron chi connectivity index (χ2n) is 7.77. The van der Waals surface area contributed by atoms with Gasteiger partial charge in [0.15, 0.2) is 0 Å². The van der Waals surface area contributed by atoms with Gasteiger partial charge in [-0.3, -0.25) is 0 Å². The first-order valence-electron chi connectivity index (χ1n) is 9.72. The molecule has 2 amide bonds. The van der Waals surface area contributed by atoms with Gasteiger partial charge >= 0.3 is 6.03 Å². The van der Waals surface area contributed by atoms with Crippen LogP contribution in [0.2, 0.25) is 0 Å². The molecule has 0 unspecified atom stereocenters. The number of urea groups is 1. The zero-order chi connectivity index (χ0) is 19.0. The smallest absolute Gasteiger partial charge is 0.321 e. The van der Waals surface area contributed by atoms with Crippen molar-refractivity contribution in [2.24, 2.45) is 0 Å². The number of hydrogen-bond donors (Lipinski definition) is 2. The highest BCUT2D eigenvalue weighted by atomic mass is 16.2. The first-order valence-corrected chi connectivity index (χ1v) is 9.72. The molecule has 1 saturated heterocycles. The first-order chi connectivity index (χ1) is 13.0. The van der Waals surface area contributed by atoms with Crippen molar-refractivity contribution >= 4 is 22.6 Å². The molecular weight excluding hydrogens is 334 g/mol. The average Bonchev–Trinajstić information content (AvgIpc) is 2.98. The summed E-state index contributed by atoms with van der Waals surface area (Å²) in [7, 11) is 0. The van der Waals surface area contributed by atoms with Gasteiger partial charge in [-0.05, 0) is 69.0 Å². The van der Waals surface area contributed by atoms with E-state index in [0.717, 1.165) is 37.2 Å². The molecule has 4 rings (SSSR count). The van der Waals surface area contributed by atoms with Crippen LogP contribution in [0, 0.1) is 20.8 Å². The fourth-order valence-corrected chi connectivity index (χ4v) is 4.17. The summed E-state index contributed by atoms with van der Waals surface area (Å²) >= 11 is 0. The standard InChI is InChI=1S/C23H27N3O/c1-15-5-4-6-19(13-15)24-23(27)26-11-9-18(10-12-26)22-17(3)20-14-16(2)7-8-21(20)25-22/h4-8,13-14,18,25H,9-12H2,1-3H3,(H,24,27). The number of aromatic nitrogens is 1. The summed E-state index contributed by atoms with van der Waals surface area (Å²) < 4.78 is 0. The number of rotatable bonds is 2. The number of carbonyl (C=O) groups is 1. The van der Waals surface area contributed by atoms with Gasteiger partial charge in [0, 0.05) is 41.3 Å². The van der Waals surface area contributed by atoms with Crippen LogP contribution in [0.1, 0.15) is 41.1 Å². The second-order valence-corrected chi connectivity index (χ2v) is 7.77. The van der Waals surface area contributed by atoms with E-state index < -0.39 is 0 Å². The molecule has 0 radical (unpaired) electrons. The monoisotopic (exact) mass is 361 g/mol. The zero-order valence-corrected chi connectivity index (χ0v) is 16.3. The number of nitrogens with one attached hydrogen (secondary N) is 2. The number of aryl methyl sites for hydroxylation is 3. The summed E-state index contributed by atoms with van der Waals surface area (Å²) in [5.74, 6) is 0.487. The maximum Gasteiger partial charge on any atom is 0.321 e. The lowest BCUT2D eigenvalue weighted by molar-refractivity contribution is 0.194. The van der Waals surface area contributed by atoms with Crippen molar-refractivity contribution < 1.29 is 4.79 Å². The molecule has 2 heterocycles. The maximum absolute atomic E-state index is 12.6. The third-order valence-electron chi connectivity index (χ3n) is 5.71. The van der Waals surface area contributed by atoms with Gasteiger partial charge in [-0.15, -0.1) is 0 Å². The van der Waals surface area contributed by atoms with Crippen LogP contribution in [0.5, 0.6) is 0 Å². The Morgan fingerprint density at radius 2 is 1.78 bits per heavy atom. The summed E-state index contributed by atoms with van der Waals surface area (Å²) in [6.07, 6.45) is 1.99. The quantitative estimate of drug-likeness (QED) is 0.622. The first kappa shape index (κ1) is 17.7. The van der Waals surface area contributed by atoms with Gasteiger partial charge in [0.25, 0.3) is 0 Å². The van der Waals surface area contributed by atoms with Crippen molar-refractivity contribution in [1.82, 2.24) is 9.88 Å². The molecule has 1 aliphatic rings. The summed E-state index contributed by atoms with van der Waals surface area (Å²) in [5, 5.41) is 4.35. The van der Waals surface area contributed by atoms with Crippen LogP contribution in [0.15, 0.2) is 42.5 Å². The number of nitrogens with zero attached hydrogens (tertiary/aromatic N) is 1. The number of benzene rings is 2. The van der Waals surface area contributed by atoms with E-state index in [-0.39, 0.29) is 6.03 Å². The van der Waals surface area contributed by atoms with Crippen LogP contribution in [-0.2, 0) is 0 Å². The lowest BCUT2D eigenvalue weighted by atomic mass is 9.91. The highest BCUT2D eigenvalue weighted by molar-refractivity contribution is 5.89. The van der Waals surface area contributed by atoms with Crippen molar-refractivity contribution in [2.75, 3.05) is 18.4 Å². The van der Waals surface area contributed by atoms with E-state index >= 15 is 0 Å². The van der Waals surface area contributed by atoms with E-state index in [1.807, 2.05) is 36.1 Å². The van der Waals surface area contributed by atoms with Gasteiger partial charge in [0.1, 0.15) is 0 Å². The van der Waals surface area contributed by atoms with E-state index in [2.05, 4.69) is 42.3 Å². The molecule has 2 N–H and O–H groups in total. The van der Waals surface area contributed by atoms with Gasteiger partial charge in [-0.1, -0.05) is 23.8 Å². The molecule has 2 aromatic carbocycles. The molecule has 1 aliphatic heterocycles. The lowest BCUT2D eigenvalue weighted by Crippen LogP contribution is -2.40. The minimum absolute atomic E-state index is 0.00282. The SMILES string of the molecule is Cc1cccc(NC(=O)N2CCC(c3[nH]c4ccc(C)cc4c3C)CC2)c1. The van der Waals surface area contributed by atoms with Crippen LogP contribution in [-0.4, -0.2) is 29.0 Å². The Morgan fingerprint density at radius 1 is 1.04 bits per heavy atom. The molecule has 1 aromatic heterocycles. The highest BCUT2D eigenvalue weighted by Crippen LogP contribution is 2.34. The summed E-state index contributed by atoms with van der Waals surface area (Å²) in [4.78, 5) is 18.1. The normalized spacial score (nSPS) is 15.3. The number of piperidine rings is 1. The fourth-order valence-electron chi connectivity index (χ4n) is 4.17. The van der Waals surface area contributed by atoms with Gasteiger partial charge in [-0.2, -0.15) is 0 Å². The van der Waals surface area contributed by atoms with Gasteiger partial charge < -0.3 is 15.2 Å². The minimum atomic E-state index is 0.00282. The molecule has 1 fully saturated rings. The van der Waals surface area contributed by atoms with Crippen molar-refractivity contribution in [1.29, 1.82) is 0 Å². The predicted octanol–water partition coefficient (Wildman–Crippen LogP) is 5.50. The van der Waals surface area contributed by atoms with Gasteiger partial charge in [0.2, 0.25) is 0 Å². The lowest BCUT2D eigenvalue weighted by Gasteiger charge is -2.32. The average molecular weight is 361 g/mol. The number of likely N-dealkylation sites (tertiary alicyclic amines) is 1. The Bertz CT molecular complexity index is 980. The van der Waals surface area contributed by atoms with Crippen molar-refractivity contribution in [2.45, 2.75) is 39.5 Å². The van der Waals surface area contributed by atoms with Crippen molar-refractivity contribution in [3.05, 3.63) is 64.8 Å². The van der Waals surface area contributed by atoms with Crippen LogP contribution >= 0.6 is 0 Å². The Labute approximate surface area is 160 Å². The number of hydrogen-bond acceptors (Lipinski definition) is 1. The van der Waals surface area contributed by atoms with Gasteiger partial charge in [-0.25, -0.2) is 4.79 Å². The number of amides is 2. The van der Waals surface area contributed by atoms with Crippen LogP contribution in [0.25, 0.3) is 10.9 Å². The fraction of sp³-hybridized carbons (Fsp3) is 0.348. The molecular formula is C23H27N3O. The molecule has 4 heteroatoms.